The number of hydrogen-bond acceptors (Lipinski definition) is 6. The molecule has 1 aromatic carbocycles. The number of fused-ring (bicyclic) bond motifs is 3. The molecular formula is C15H15N3O4. The van der Waals surface area contributed by atoms with E-state index < -0.39 is 24.5 Å². The van der Waals surface area contributed by atoms with Crippen molar-refractivity contribution in [2.24, 2.45) is 0 Å². The topological polar surface area (TPSA) is 101 Å². The number of ether oxygens (including phenoxy) is 2. The van der Waals surface area contributed by atoms with Gasteiger partial charge in [-0.3, -0.25) is 9.98 Å². The highest BCUT2D eigenvalue weighted by atomic mass is 16.6. The Morgan fingerprint density at radius 1 is 1.27 bits per heavy atom. The van der Waals surface area contributed by atoms with Crippen molar-refractivity contribution in [2.45, 2.75) is 24.5 Å². The van der Waals surface area contributed by atoms with Gasteiger partial charge in [0.2, 0.25) is 0 Å². The molecule has 1 aromatic heterocycles. The quantitative estimate of drug-likeness (QED) is 0.727. The third-order valence-electron chi connectivity index (χ3n) is 4.04. The number of nitrogens with zero attached hydrogens (tertiary/aromatic N) is 2. The van der Waals surface area contributed by atoms with Gasteiger partial charge < -0.3 is 19.7 Å². The molecule has 1 saturated heterocycles. The number of benzene rings is 1. The highest BCUT2D eigenvalue weighted by Crippen LogP contribution is 2.39. The van der Waals surface area contributed by atoms with Crippen LogP contribution in [-0.2, 0) is 4.74 Å². The normalized spacial score (nSPS) is 29.0. The van der Waals surface area contributed by atoms with Crippen LogP contribution in [0.25, 0.3) is 11.1 Å². The van der Waals surface area contributed by atoms with Crippen LogP contribution < -0.4 is 10.2 Å². The minimum atomic E-state index is -0.925. The fourth-order valence-electron chi connectivity index (χ4n) is 2.91. The number of hydrogen-bond donors (Lipinski definition) is 3. The standard InChI is InChI=1S/C15H15N3O4/c16-13-9(8-4-2-1-3-5-8)6-18-14-12(22-15(18)17-13)11(20)10(7-19)21-14/h1-6,10-12,14,16,19-20H,7H2/t10-,11-,12+,14-/m1/s1. The summed E-state index contributed by atoms with van der Waals surface area (Å²) >= 11 is 0. The van der Waals surface area contributed by atoms with Crippen molar-refractivity contribution in [3.8, 4) is 17.1 Å². The van der Waals surface area contributed by atoms with Crippen LogP contribution in [0.4, 0.5) is 0 Å². The summed E-state index contributed by atoms with van der Waals surface area (Å²) in [5.41, 5.74) is 1.63. The van der Waals surface area contributed by atoms with Crippen LogP contribution in [-0.4, -0.2) is 44.7 Å². The first kappa shape index (κ1) is 13.4. The summed E-state index contributed by atoms with van der Waals surface area (Å²) < 4.78 is 12.9. The van der Waals surface area contributed by atoms with Crippen molar-refractivity contribution < 1.29 is 19.7 Å². The Kier molecular flexibility index (Phi) is 3.00. The van der Waals surface area contributed by atoms with E-state index in [0.717, 1.165) is 5.56 Å². The maximum atomic E-state index is 10.1. The van der Waals surface area contributed by atoms with Gasteiger partial charge in [-0.2, -0.15) is 4.98 Å². The summed E-state index contributed by atoms with van der Waals surface area (Å²) in [7, 11) is 0. The van der Waals surface area contributed by atoms with Gasteiger partial charge in [0.05, 0.1) is 6.61 Å². The molecule has 3 heterocycles. The monoisotopic (exact) mass is 301 g/mol. The van der Waals surface area contributed by atoms with Crippen LogP contribution in [0.5, 0.6) is 6.01 Å². The first-order chi connectivity index (χ1) is 10.7. The van der Waals surface area contributed by atoms with Gasteiger partial charge in [-0.15, -0.1) is 0 Å². The largest absolute Gasteiger partial charge is 0.454 e. The van der Waals surface area contributed by atoms with Gasteiger partial charge in [-0.1, -0.05) is 30.3 Å². The van der Waals surface area contributed by atoms with Crippen LogP contribution in [0.2, 0.25) is 0 Å². The van der Waals surface area contributed by atoms with Gasteiger partial charge >= 0.3 is 6.01 Å². The van der Waals surface area contributed by atoms with E-state index in [1.54, 1.807) is 10.8 Å². The minimum absolute atomic E-state index is 0.102. The van der Waals surface area contributed by atoms with E-state index in [-0.39, 0.29) is 18.1 Å². The molecule has 2 aromatic rings. The fourth-order valence-corrected chi connectivity index (χ4v) is 2.91. The molecule has 0 aliphatic carbocycles. The summed E-state index contributed by atoms with van der Waals surface area (Å²) in [4.78, 5) is 4.15. The zero-order valence-corrected chi connectivity index (χ0v) is 11.6. The third-order valence-corrected chi connectivity index (χ3v) is 4.04. The molecule has 4 rings (SSSR count). The summed E-state index contributed by atoms with van der Waals surface area (Å²) in [6, 6.07) is 9.73. The molecule has 0 radical (unpaired) electrons. The van der Waals surface area contributed by atoms with Crippen LogP contribution in [0, 0.1) is 5.41 Å². The molecule has 0 unspecified atom stereocenters. The van der Waals surface area contributed by atoms with E-state index in [1.807, 2.05) is 30.3 Å². The lowest BCUT2D eigenvalue weighted by Crippen LogP contribution is -2.34. The van der Waals surface area contributed by atoms with Gasteiger partial charge in [0, 0.05) is 11.8 Å². The molecule has 1 fully saturated rings. The Balaban J connectivity index is 1.79. The Morgan fingerprint density at radius 2 is 2.05 bits per heavy atom. The average Bonchev–Trinajstić information content (AvgIpc) is 3.03. The molecule has 7 heteroatoms. The number of aromatic nitrogens is 2. The fraction of sp³-hybridized carbons (Fsp3) is 0.333. The first-order valence-corrected chi connectivity index (χ1v) is 7.03. The Hall–Kier alpha value is -2.22. The zero-order chi connectivity index (χ0) is 15.3. The molecular weight excluding hydrogens is 286 g/mol. The molecule has 0 saturated carbocycles. The van der Waals surface area contributed by atoms with E-state index in [0.29, 0.717) is 5.56 Å². The predicted octanol–water partition coefficient (Wildman–Crippen LogP) is 0.0412. The minimum Gasteiger partial charge on any atom is -0.454 e. The smallest absolute Gasteiger partial charge is 0.301 e. The van der Waals surface area contributed by atoms with E-state index >= 15 is 0 Å². The highest BCUT2D eigenvalue weighted by Gasteiger charge is 2.51. The number of nitrogens with one attached hydrogen (secondary N) is 1. The summed E-state index contributed by atoms with van der Waals surface area (Å²) in [5, 5.41) is 27.4. The molecule has 22 heavy (non-hydrogen) atoms. The molecule has 3 N–H and O–H groups in total. The molecule has 0 amide bonds. The van der Waals surface area contributed by atoms with Gasteiger partial charge in [-0.25, -0.2) is 0 Å². The molecule has 4 atom stereocenters. The average molecular weight is 301 g/mol. The van der Waals surface area contributed by atoms with Crippen molar-refractivity contribution in [3.05, 3.63) is 42.0 Å². The summed E-state index contributed by atoms with van der Waals surface area (Å²) in [6.07, 6.45) is -1.01. The predicted molar refractivity (Wildman–Crippen MR) is 74.9 cm³/mol. The maximum Gasteiger partial charge on any atom is 0.301 e. The van der Waals surface area contributed by atoms with Crippen LogP contribution in [0.1, 0.15) is 6.23 Å². The second-order valence-electron chi connectivity index (χ2n) is 5.38. The van der Waals surface area contributed by atoms with Gasteiger partial charge in [0.15, 0.2) is 17.8 Å². The van der Waals surface area contributed by atoms with Gasteiger partial charge in [0.25, 0.3) is 0 Å². The van der Waals surface area contributed by atoms with E-state index in [1.165, 1.54) is 0 Å². The van der Waals surface area contributed by atoms with Crippen LogP contribution in [0.3, 0.4) is 0 Å². The SMILES string of the molecule is N=c1nc2n(cc1-c1ccccc1)[C@@H]1O[C@H](CO)[C@@H](O)[C@@H]1O2. The molecule has 2 aliphatic rings. The third kappa shape index (κ3) is 1.87. The lowest BCUT2D eigenvalue weighted by Gasteiger charge is -2.15. The number of rotatable bonds is 2. The maximum absolute atomic E-state index is 10.1. The van der Waals surface area contributed by atoms with Crippen molar-refractivity contribution in [3.63, 3.8) is 0 Å². The second kappa shape index (κ2) is 4.91. The van der Waals surface area contributed by atoms with Crippen molar-refractivity contribution in [2.75, 3.05) is 6.61 Å². The zero-order valence-electron chi connectivity index (χ0n) is 11.6. The van der Waals surface area contributed by atoms with E-state index in [4.69, 9.17) is 14.9 Å². The molecule has 114 valence electrons. The Morgan fingerprint density at radius 3 is 2.77 bits per heavy atom. The second-order valence-corrected chi connectivity index (χ2v) is 5.38. The first-order valence-electron chi connectivity index (χ1n) is 7.03. The molecule has 2 aliphatic heterocycles. The molecule has 7 nitrogen and oxygen atoms in total. The lowest BCUT2D eigenvalue weighted by molar-refractivity contribution is -0.0434. The molecule has 0 bridgehead atoms. The molecule has 0 spiro atoms. The van der Waals surface area contributed by atoms with E-state index in [9.17, 15) is 10.2 Å². The van der Waals surface area contributed by atoms with Gasteiger partial charge in [0.1, 0.15) is 12.2 Å². The van der Waals surface area contributed by atoms with Gasteiger partial charge in [-0.05, 0) is 5.56 Å². The van der Waals surface area contributed by atoms with Crippen molar-refractivity contribution >= 4 is 0 Å². The Bertz CT molecular complexity index is 761. The van der Waals surface area contributed by atoms with Crippen molar-refractivity contribution in [1.82, 2.24) is 9.55 Å². The highest BCUT2D eigenvalue weighted by molar-refractivity contribution is 5.61. The lowest BCUT2D eigenvalue weighted by atomic mass is 10.1. The van der Waals surface area contributed by atoms with Crippen LogP contribution in [0.15, 0.2) is 36.5 Å². The van der Waals surface area contributed by atoms with Crippen molar-refractivity contribution in [1.29, 1.82) is 5.41 Å². The number of aliphatic hydroxyl groups excluding tert-OH is 2. The number of aliphatic hydroxyl groups is 2. The summed E-state index contributed by atoms with van der Waals surface area (Å²) in [6.45, 7) is -0.275. The van der Waals surface area contributed by atoms with Crippen LogP contribution >= 0.6 is 0 Å². The Labute approximate surface area is 125 Å². The summed E-state index contributed by atoms with van der Waals surface area (Å²) in [5.74, 6) is 0. The van der Waals surface area contributed by atoms with E-state index in [2.05, 4.69) is 4.98 Å².